The van der Waals surface area contributed by atoms with Gasteiger partial charge in [-0.05, 0) is 0 Å². The fraction of sp³-hybridized carbons (Fsp3) is 0.750. The van der Waals surface area contributed by atoms with Crippen molar-refractivity contribution in [3.8, 4) is 0 Å². The van der Waals surface area contributed by atoms with Crippen LogP contribution in [0.1, 0.15) is 119 Å². The molecule has 0 aromatic heterocycles. The van der Waals surface area contributed by atoms with Crippen molar-refractivity contribution in [1.82, 2.24) is 0 Å². The van der Waals surface area contributed by atoms with Crippen molar-refractivity contribution in [2.45, 2.75) is 127 Å². The molecule has 0 unspecified atom stereocenters. The van der Waals surface area contributed by atoms with Gasteiger partial charge in [-0.1, -0.05) is 27.7 Å². The Balaban J connectivity index is 4.99. The molecule has 0 heterocycles. The summed E-state index contributed by atoms with van der Waals surface area (Å²) in [6, 6.07) is 0. The number of rotatable bonds is 24. The third-order valence-corrected chi connectivity index (χ3v) is 16.1. The number of ether oxygens (including phenoxy) is 2. The predicted molar refractivity (Wildman–Crippen MR) is 164 cm³/mol. The van der Waals surface area contributed by atoms with Crippen LogP contribution in [0.2, 0.25) is 8.87 Å². The van der Waals surface area contributed by atoms with E-state index in [-0.39, 0.29) is 0 Å². The Bertz CT molecular complexity index is 738. The average molecular weight is 688 g/mol. The van der Waals surface area contributed by atoms with Crippen LogP contribution in [0.3, 0.4) is 0 Å². The van der Waals surface area contributed by atoms with E-state index < -0.39 is 43.1 Å². The van der Waals surface area contributed by atoms with Crippen LogP contribution in [0.4, 0.5) is 0 Å². The molecule has 9 heteroatoms. The number of hydrogen-bond donors (Lipinski definition) is 0. The maximum atomic E-state index is 12.7. The smallest absolute Gasteiger partial charge is 0.0628 e. The number of hydrogen-bond acceptors (Lipinski definition) is 8. The summed E-state index contributed by atoms with van der Waals surface area (Å²) in [6.45, 7) is 13.3. The normalized spacial score (nSPS) is 11.9. The van der Waals surface area contributed by atoms with E-state index in [2.05, 4.69) is 27.7 Å². The zero-order chi connectivity index (χ0) is 30.9. The van der Waals surface area contributed by atoms with Crippen LogP contribution in [-0.2, 0) is 34.8 Å². The molecule has 0 radical (unpaired) electrons. The fourth-order valence-electron chi connectivity index (χ4n) is 4.05. The van der Waals surface area contributed by atoms with Crippen molar-refractivity contribution in [2.75, 3.05) is 13.2 Å². The number of carbonyl (C=O) groups excluding carboxylic acids is 4. The molecule has 0 N–H and O–H groups in total. The van der Waals surface area contributed by atoms with Crippen LogP contribution in [0.15, 0.2) is 24.3 Å². The molecule has 0 aliphatic carbocycles. The molecule has 0 fully saturated rings. The first-order valence-corrected chi connectivity index (χ1v) is 22.1. The summed E-state index contributed by atoms with van der Waals surface area (Å²) in [7, 11) is 0. The molecule has 0 bridgehead atoms. The van der Waals surface area contributed by atoms with Gasteiger partial charge in [-0.25, -0.2) is 0 Å². The maximum absolute atomic E-state index is 12.7. The average Bonchev–Trinajstić information content (AvgIpc) is 2.91. The molecule has 0 saturated carbocycles. The van der Waals surface area contributed by atoms with Crippen LogP contribution in [0, 0.1) is 11.8 Å². The molecule has 0 spiro atoms. The molecule has 0 aliphatic rings. The Hall–Kier alpha value is -1.84. The summed E-state index contributed by atoms with van der Waals surface area (Å²) < 4.78 is 23.1. The Morgan fingerprint density at radius 1 is 0.537 bits per heavy atom. The number of esters is 2. The Labute approximate surface area is 253 Å². The second-order valence-electron chi connectivity index (χ2n) is 11.4. The van der Waals surface area contributed by atoms with Gasteiger partial charge in [0, 0.05) is 0 Å². The van der Waals surface area contributed by atoms with Gasteiger partial charge in [0.2, 0.25) is 0 Å². The predicted octanol–water partition coefficient (Wildman–Crippen LogP) is 7.75. The van der Waals surface area contributed by atoms with E-state index in [4.69, 9.17) is 15.6 Å². The van der Waals surface area contributed by atoms with E-state index in [1.54, 1.807) is 0 Å². The fourth-order valence-corrected chi connectivity index (χ4v) is 13.6. The van der Waals surface area contributed by atoms with Gasteiger partial charge < -0.3 is 0 Å². The van der Waals surface area contributed by atoms with Gasteiger partial charge in [0.15, 0.2) is 0 Å². The Kier molecular flexibility index (Phi) is 23.6. The van der Waals surface area contributed by atoms with Crippen LogP contribution >= 0.6 is 0 Å². The second-order valence-corrected chi connectivity index (χ2v) is 20.7. The SMILES string of the molecule is CCC[CH2][Sn]([CH2]CCC)([O]C(=O)/C=C/C(=O)OCCCCCC(C)C)[O]C(=O)/C=C/C(=O)OCCCCCC(C)C. The molecular weight excluding hydrogens is 631 g/mol. The van der Waals surface area contributed by atoms with Gasteiger partial charge in [0.1, 0.15) is 0 Å². The van der Waals surface area contributed by atoms with Gasteiger partial charge in [-0.2, -0.15) is 0 Å². The molecule has 0 rings (SSSR count). The first kappa shape index (κ1) is 39.2. The van der Waals surface area contributed by atoms with Gasteiger partial charge in [-0.15, -0.1) is 0 Å². The van der Waals surface area contributed by atoms with Crippen LogP contribution in [0.5, 0.6) is 0 Å². The number of carbonyl (C=O) groups is 4. The van der Waals surface area contributed by atoms with Gasteiger partial charge >= 0.3 is 227 Å². The van der Waals surface area contributed by atoms with E-state index >= 15 is 0 Å². The Morgan fingerprint density at radius 2 is 0.902 bits per heavy atom. The van der Waals surface area contributed by atoms with Crippen LogP contribution < -0.4 is 0 Å². The van der Waals surface area contributed by atoms with E-state index in [9.17, 15) is 19.2 Å². The Morgan fingerprint density at radius 3 is 1.24 bits per heavy atom. The first-order chi connectivity index (χ1) is 19.5. The van der Waals surface area contributed by atoms with E-state index in [1.807, 2.05) is 13.8 Å². The zero-order valence-corrected chi connectivity index (χ0v) is 29.4. The van der Waals surface area contributed by atoms with Gasteiger partial charge in [-0.3, -0.25) is 0 Å². The molecule has 236 valence electrons. The summed E-state index contributed by atoms with van der Waals surface area (Å²) in [6.07, 6.45) is 15.4. The topological polar surface area (TPSA) is 105 Å². The molecule has 0 atom stereocenters. The first-order valence-electron chi connectivity index (χ1n) is 15.7. The van der Waals surface area contributed by atoms with Crippen LogP contribution in [0.25, 0.3) is 0 Å². The minimum atomic E-state index is -4.24. The van der Waals surface area contributed by atoms with E-state index in [0.29, 0.717) is 33.9 Å². The monoisotopic (exact) mass is 688 g/mol. The summed E-state index contributed by atoms with van der Waals surface area (Å²) in [5.74, 6) is -1.32. The third kappa shape index (κ3) is 23.4. The standard InChI is InChI=1S/2C12H20O4.2C4H9.Sn/c2*1-10(2)6-4-3-5-9-16-12(15)8-7-11(13)14;2*1-3-4-2;/h2*7-8,10H,3-6,9H2,1-2H3,(H,13,14);2*1,3-4H2,2H3;/q;;;;+2/p-2/b2*8-7+;;;. The minimum absolute atomic E-state index is 0.303. The molecule has 8 nitrogen and oxygen atoms in total. The van der Waals surface area contributed by atoms with E-state index in [1.165, 1.54) is 0 Å². The van der Waals surface area contributed by atoms with Gasteiger partial charge in [0.25, 0.3) is 0 Å². The van der Waals surface area contributed by atoms with Gasteiger partial charge in [0.05, 0.1) is 0 Å². The van der Waals surface area contributed by atoms with Crippen molar-refractivity contribution in [2.24, 2.45) is 11.8 Å². The molecule has 0 aromatic carbocycles. The van der Waals surface area contributed by atoms with Crippen molar-refractivity contribution in [3.05, 3.63) is 24.3 Å². The molecule has 0 saturated heterocycles. The number of unbranched alkanes of at least 4 members (excludes halogenated alkanes) is 6. The zero-order valence-electron chi connectivity index (χ0n) is 26.5. The van der Waals surface area contributed by atoms with Crippen LogP contribution in [-0.4, -0.2) is 56.3 Å². The molecule has 0 aliphatic heterocycles. The minimum Gasteiger partial charge on any atom is -0.0628 e. The van der Waals surface area contributed by atoms with E-state index in [0.717, 1.165) is 101 Å². The summed E-state index contributed by atoms with van der Waals surface area (Å²) in [5, 5.41) is 0. The third-order valence-electron chi connectivity index (χ3n) is 6.45. The summed E-state index contributed by atoms with van der Waals surface area (Å²) >= 11 is -4.24. The summed E-state index contributed by atoms with van der Waals surface area (Å²) in [4.78, 5) is 49.5. The van der Waals surface area contributed by atoms with Crippen molar-refractivity contribution >= 4 is 43.1 Å². The molecule has 41 heavy (non-hydrogen) atoms. The van der Waals surface area contributed by atoms with Crippen molar-refractivity contribution in [1.29, 1.82) is 0 Å². The summed E-state index contributed by atoms with van der Waals surface area (Å²) in [5.41, 5.74) is 0. The van der Waals surface area contributed by atoms with Crippen molar-refractivity contribution in [3.63, 3.8) is 0 Å². The quantitative estimate of drug-likeness (QED) is 0.0439. The van der Waals surface area contributed by atoms with Crippen molar-refractivity contribution < 1.29 is 34.8 Å². The second kappa shape index (κ2) is 24.7. The molecular formula is C32H56O8Sn. The molecule has 0 amide bonds. The molecule has 0 aromatic rings.